The van der Waals surface area contributed by atoms with Crippen LogP contribution in [0.15, 0.2) is 42.5 Å². The molecule has 0 aromatic heterocycles. The summed E-state index contributed by atoms with van der Waals surface area (Å²) >= 11 is 0. The van der Waals surface area contributed by atoms with Crippen molar-refractivity contribution < 1.29 is 14.4 Å². The second kappa shape index (κ2) is 6.44. The number of imide groups is 1. The summed E-state index contributed by atoms with van der Waals surface area (Å²) in [5.41, 5.74) is 2.53. The van der Waals surface area contributed by atoms with Crippen molar-refractivity contribution in [1.82, 2.24) is 15.8 Å². The smallest absolute Gasteiger partial charge is 0.322 e. The lowest BCUT2D eigenvalue weighted by molar-refractivity contribution is -0.139. The Morgan fingerprint density at radius 2 is 1.77 bits per heavy atom. The van der Waals surface area contributed by atoms with Gasteiger partial charge in [0.2, 0.25) is 5.91 Å². The molecule has 134 valence electrons. The largest absolute Gasteiger partial charge is 0.344 e. The minimum absolute atomic E-state index is 0.103. The molecule has 0 bridgehead atoms. The number of hydrogen-bond acceptors (Lipinski definition) is 3. The van der Waals surface area contributed by atoms with Crippen LogP contribution < -0.4 is 10.7 Å². The summed E-state index contributed by atoms with van der Waals surface area (Å²) in [4.78, 5) is 37.4. The summed E-state index contributed by atoms with van der Waals surface area (Å²) in [5.74, 6) is -0.716. The van der Waals surface area contributed by atoms with Crippen molar-refractivity contribution >= 4 is 28.6 Å². The fraction of sp³-hybridized carbons (Fsp3) is 0.350. The Labute approximate surface area is 151 Å². The number of urea groups is 1. The Morgan fingerprint density at radius 3 is 2.58 bits per heavy atom. The molecule has 1 aliphatic carbocycles. The van der Waals surface area contributed by atoms with Crippen molar-refractivity contribution in [2.75, 3.05) is 0 Å². The molecule has 6 heteroatoms. The number of carbonyl (C=O) groups is 3. The van der Waals surface area contributed by atoms with Crippen molar-refractivity contribution in [2.24, 2.45) is 0 Å². The molecule has 2 aromatic carbocycles. The Bertz CT molecular complexity index is 882. The predicted molar refractivity (Wildman–Crippen MR) is 97.0 cm³/mol. The first-order valence-electron chi connectivity index (χ1n) is 9.02. The second-order valence-electron chi connectivity index (χ2n) is 7.06. The van der Waals surface area contributed by atoms with E-state index in [0.717, 1.165) is 40.6 Å². The average Bonchev–Trinajstić information content (AvgIpc) is 2.87. The molecule has 4 amide bonds. The van der Waals surface area contributed by atoms with Crippen LogP contribution in [0.3, 0.4) is 0 Å². The van der Waals surface area contributed by atoms with Crippen molar-refractivity contribution in [3.8, 4) is 0 Å². The third-order valence-electron chi connectivity index (χ3n) is 5.34. The molecule has 2 fully saturated rings. The van der Waals surface area contributed by atoms with Crippen LogP contribution in [0.1, 0.15) is 37.7 Å². The highest BCUT2D eigenvalue weighted by Crippen LogP contribution is 2.33. The van der Waals surface area contributed by atoms with Gasteiger partial charge in [-0.15, -0.1) is 0 Å². The van der Waals surface area contributed by atoms with Crippen LogP contribution in [-0.4, -0.2) is 28.4 Å². The summed E-state index contributed by atoms with van der Waals surface area (Å²) in [7, 11) is 0. The van der Waals surface area contributed by atoms with Crippen molar-refractivity contribution in [3.63, 3.8) is 0 Å². The van der Waals surface area contributed by atoms with Crippen molar-refractivity contribution in [3.05, 3.63) is 48.0 Å². The van der Waals surface area contributed by atoms with Crippen LogP contribution >= 0.6 is 0 Å². The molecule has 2 aromatic rings. The van der Waals surface area contributed by atoms with E-state index >= 15 is 0 Å². The normalized spacial score (nSPS) is 19.0. The maximum absolute atomic E-state index is 12.7. The molecule has 2 aliphatic rings. The van der Waals surface area contributed by atoms with Gasteiger partial charge in [-0.2, -0.15) is 5.01 Å². The number of amides is 4. The summed E-state index contributed by atoms with van der Waals surface area (Å²) in [6, 6.07) is 13.1. The molecule has 6 nitrogen and oxygen atoms in total. The van der Waals surface area contributed by atoms with Gasteiger partial charge < -0.3 is 5.32 Å². The fourth-order valence-corrected chi connectivity index (χ4v) is 4.00. The fourth-order valence-electron chi connectivity index (χ4n) is 4.00. The van der Waals surface area contributed by atoms with Crippen LogP contribution in [0.4, 0.5) is 4.79 Å². The van der Waals surface area contributed by atoms with Crippen molar-refractivity contribution in [2.45, 2.75) is 44.1 Å². The van der Waals surface area contributed by atoms with E-state index < -0.39 is 11.6 Å². The summed E-state index contributed by atoms with van der Waals surface area (Å²) in [6.07, 6.45) is 4.25. The minimum atomic E-state index is -0.831. The molecule has 2 N–H and O–H groups in total. The number of fused-ring (bicyclic) bond motifs is 1. The first-order valence-corrected chi connectivity index (χ1v) is 9.02. The monoisotopic (exact) mass is 351 g/mol. The van der Waals surface area contributed by atoms with E-state index in [1.165, 1.54) is 0 Å². The molecule has 1 aliphatic heterocycles. The van der Waals surface area contributed by atoms with E-state index in [-0.39, 0.29) is 18.2 Å². The van der Waals surface area contributed by atoms with E-state index in [4.69, 9.17) is 0 Å². The zero-order valence-electron chi connectivity index (χ0n) is 14.5. The highest BCUT2D eigenvalue weighted by Gasteiger charge is 2.52. The molecule has 1 saturated carbocycles. The highest BCUT2D eigenvalue weighted by atomic mass is 16.2. The lowest BCUT2D eigenvalue weighted by atomic mass is 9.82. The summed E-state index contributed by atoms with van der Waals surface area (Å²) in [5, 5.41) is 5.69. The Balaban J connectivity index is 1.49. The van der Waals surface area contributed by atoms with Crippen LogP contribution in [-0.2, 0) is 16.0 Å². The quantitative estimate of drug-likeness (QED) is 0.835. The molecule has 1 saturated heterocycles. The minimum Gasteiger partial charge on any atom is -0.322 e. The zero-order valence-corrected chi connectivity index (χ0v) is 14.5. The molecular weight excluding hydrogens is 330 g/mol. The van der Waals surface area contributed by atoms with E-state index in [9.17, 15) is 14.4 Å². The van der Waals surface area contributed by atoms with Gasteiger partial charge in [-0.1, -0.05) is 61.7 Å². The van der Waals surface area contributed by atoms with Gasteiger partial charge in [-0.3, -0.25) is 15.0 Å². The molecule has 4 rings (SSSR count). The van der Waals surface area contributed by atoms with Crippen LogP contribution in [0.5, 0.6) is 0 Å². The topological polar surface area (TPSA) is 78.5 Å². The molecule has 1 heterocycles. The van der Waals surface area contributed by atoms with Crippen LogP contribution in [0.2, 0.25) is 0 Å². The molecule has 1 spiro atoms. The Morgan fingerprint density at radius 1 is 1.04 bits per heavy atom. The molecule has 0 atom stereocenters. The van der Waals surface area contributed by atoms with E-state index in [2.05, 4.69) is 10.7 Å². The lowest BCUT2D eigenvalue weighted by Crippen LogP contribution is -2.51. The van der Waals surface area contributed by atoms with Crippen LogP contribution in [0.25, 0.3) is 10.8 Å². The van der Waals surface area contributed by atoms with Crippen molar-refractivity contribution in [1.29, 1.82) is 0 Å². The number of benzene rings is 2. The van der Waals surface area contributed by atoms with Gasteiger partial charge in [-0.05, 0) is 29.2 Å². The van der Waals surface area contributed by atoms with Gasteiger partial charge in [0.15, 0.2) is 0 Å². The Kier molecular flexibility index (Phi) is 4.11. The molecule has 0 radical (unpaired) electrons. The van der Waals surface area contributed by atoms with Gasteiger partial charge >= 0.3 is 6.03 Å². The molecule has 26 heavy (non-hydrogen) atoms. The number of rotatable bonds is 3. The second-order valence-corrected chi connectivity index (χ2v) is 7.06. The number of hydrogen-bond donors (Lipinski definition) is 2. The lowest BCUT2D eigenvalue weighted by Gasteiger charge is -2.30. The van der Waals surface area contributed by atoms with Gasteiger partial charge in [0.25, 0.3) is 5.91 Å². The first kappa shape index (κ1) is 16.6. The van der Waals surface area contributed by atoms with Gasteiger partial charge in [0.05, 0.1) is 6.42 Å². The van der Waals surface area contributed by atoms with Gasteiger partial charge in [0.1, 0.15) is 5.54 Å². The standard InChI is InChI=1S/C20H21N3O3/c24-17(13-15-9-6-8-14-7-2-3-10-16(14)15)22-23-18(25)20(21-19(23)26)11-4-1-5-12-20/h2-3,6-10H,1,4-5,11-13H2,(H,21,26)(H,22,24). The number of carbonyl (C=O) groups excluding carboxylic acids is 3. The predicted octanol–water partition coefficient (Wildman–Crippen LogP) is 2.67. The third-order valence-corrected chi connectivity index (χ3v) is 5.34. The molecule has 0 unspecified atom stereocenters. The number of nitrogens with zero attached hydrogens (tertiary/aromatic N) is 1. The van der Waals surface area contributed by atoms with Gasteiger partial charge in [-0.25, -0.2) is 4.79 Å². The molecular formula is C20H21N3O3. The maximum atomic E-state index is 12.7. The number of nitrogens with one attached hydrogen (secondary N) is 2. The Hall–Kier alpha value is -2.89. The first-order chi connectivity index (χ1) is 12.6. The SMILES string of the molecule is O=C(Cc1cccc2ccccc12)NN1C(=O)NC2(CCCCC2)C1=O. The van der Waals surface area contributed by atoms with E-state index in [0.29, 0.717) is 12.8 Å². The van der Waals surface area contributed by atoms with E-state index in [1.807, 2.05) is 42.5 Å². The summed E-state index contributed by atoms with van der Waals surface area (Å²) in [6.45, 7) is 0. The average molecular weight is 351 g/mol. The van der Waals surface area contributed by atoms with E-state index in [1.54, 1.807) is 0 Å². The third kappa shape index (κ3) is 2.81. The zero-order chi connectivity index (χ0) is 18.1. The maximum Gasteiger partial charge on any atom is 0.344 e. The van der Waals surface area contributed by atoms with Gasteiger partial charge in [0, 0.05) is 0 Å². The number of hydrazine groups is 1. The highest BCUT2D eigenvalue weighted by molar-refractivity contribution is 6.08. The summed E-state index contributed by atoms with van der Waals surface area (Å²) < 4.78 is 0. The van der Waals surface area contributed by atoms with Crippen LogP contribution in [0, 0.1) is 0 Å².